The first kappa shape index (κ1) is 18.6. The van der Waals surface area contributed by atoms with Crippen LogP contribution in [0.2, 0.25) is 0 Å². The van der Waals surface area contributed by atoms with E-state index in [2.05, 4.69) is 4.90 Å². The molecule has 1 saturated heterocycles. The van der Waals surface area contributed by atoms with Gasteiger partial charge in [-0.1, -0.05) is 0 Å². The number of rotatable bonds is 4. The van der Waals surface area contributed by atoms with Gasteiger partial charge in [0.05, 0.1) is 6.54 Å². The molecule has 24 heavy (non-hydrogen) atoms. The van der Waals surface area contributed by atoms with E-state index in [1.54, 1.807) is 17.0 Å². The van der Waals surface area contributed by atoms with E-state index >= 15 is 0 Å². The summed E-state index contributed by atoms with van der Waals surface area (Å²) in [4.78, 5) is 17.6. The molecule has 1 aromatic rings. The highest BCUT2D eigenvalue weighted by Crippen LogP contribution is 2.19. The maximum Gasteiger partial charge on any atom is 0.401 e. The van der Waals surface area contributed by atoms with Crippen LogP contribution in [0.15, 0.2) is 24.3 Å². The third kappa shape index (κ3) is 5.12. The van der Waals surface area contributed by atoms with Crippen LogP contribution >= 0.6 is 0 Å². The molecular formula is C17H24F3N3O. The quantitative estimate of drug-likeness (QED) is 0.841. The Bertz CT molecular complexity index is 545. The van der Waals surface area contributed by atoms with Crippen LogP contribution in [-0.4, -0.2) is 68.2 Å². The SMILES string of the molecule is CCN(C)c1ccc(C(=O)N2CCCN(CC(F)(F)F)CC2)cc1. The molecule has 0 saturated carbocycles. The number of carbonyl (C=O) groups is 1. The van der Waals surface area contributed by atoms with Crippen molar-refractivity contribution in [3.8, 4) is 0 Å². The fraction of sp³-hybridized carbons (Fsp3) is 0.588. The van der Waals surface area contributed by atoms with E-state index in [4.69, 9.17) is 0 Å². The van der Waals surface area contributed by atoms with E-state index in [0.717, 1.165) is 12.2 Å². The van der Waals surface area contributed by atoms with Gasteiger partial charge in [0.1, 0.15) is 0 Å². The maximum atomic E-state index is 12.6. The van der Waals surface area contributed by atoms with Gasteiger partial charge in [0.15, 0.2) is 0 Å². The third-order valence-corrected chi connectivity index (χ3v) is 4.31. The van der Waals surface area contributed by atoms with Gasteiger partial charge in [0.2, 0.25) is 0 Å². The predicted molar refractivity (Wildman–Crippen MR) is 88.4 cm³/mol. The summed E-state index contributed by atoms with van der Waals surface area (Å²) in [6.45, 7) is 3.44. The van der Waals surface area contributed by atoms with Crippen molar-refractivity contribution in [1.29, 1.82) is 0 Å². The van der Waals surface area contributed by atoms with Gasteiger partial charge in [0.25, 0.3) is 5.91 Å². The van der Waals surface area contributed by atoms with Crippen LogP contribution in [0.5, 0.6) is 0 Å². The molecule has 7 heteroatoms. The number of hydrogen-bond donors (Lipinski definition) is 0. The summed E-state index contributed by atoms with van der Waals surface area (Å²) < 4.78 is 37.5. The fourth-order valence-corrected chi connectivity index (χ4v) is 2.81. The minimum Gasteiger partial charge on any atom is -0.375 e. The number of carbonyl (C=O) groups excluding carboxylic acids is 1. The zero-order valence-corrected chi connectivity index (χ0v) is 14.1. The van der Waals surface area contributed by atoms with Crippen LogP contribution < -0.4 is 4.90 Å². The van der Waals surface area contributed by atoms with Crippen LogP contribution in [0.4, 0.5) is 18.9 Å². The summed E-state index contributed by atoms with van der Waals surface area (Å²) >= 11 is 0. The Morgan fingerprint density at radius 1 is 1.12 bits per heavy atom. The molecule has 0 aliphatic carbocycles. The average molecular weight is 343 g/mol. The van der Waals surface area contributed by atoms with E-state index in [9.17, 15) is 18.0 Å². The Kier molecular flexibility index (Phi) is 6.10. The predicted octanol–water partition coefficient (Wildman–Crippen LogP) is 2.85. The lowest BCUT2D eigenvalue weighted by atomic mass is 10.1. The van der Waals surface area contributed by atoms with Gasteiger partial charge < -0.3 is 9.80 Å². The van der Waals surface area contributed by atoms with Crippen molar-refractivity contribution in [2.24, 2.45) is 0 Å². The number of nitrogens with zero attached hydrogens (tertiary/aromatic N) is 3. The Morgan fingerprint density at radius 3 is 2.38 bits per heavy atom. The van der Waals surface area contributed by atoms with Crippen LogP contribution in [0, 0.1) is 0 Å². The zero-order chi connectivity index (χ0) is 17.7. The highest BCUT2D eigenvalue weighted by molar-refractivity contribution is 5.94. The van der Waals surface area contributed by atoms with Crippen molar-refractivity contribution < 1.29 is 18.0 Å². The molecule has 134 valence electrons. The number of alkyl halides is 3. The first-order valence-electron chi connectivity index (χ1n) is 8.19. The summed E-state index contributed by atoms with van der Waals surface area (Å²) in [7, 11) is 1.97. The van der Waals surface area contributed by atoms with E-state index in [0.29, 0.717) is 31.6 Å². The van der Waals surface area contributed by atoms with Crippen LogP contribution in [0.25, 0.3) is 0 Å². The Hall–Kier alpha value is -1.76. The van der Waals surface area contributed by atoms with Gasteiger partial charge in [-0.2, -0.15) is 13.2 Å². The molecule has 0 atom stereocenters. The van der Waals surface area contributed by atoms with Crippen molar-refractivity contribution in [3.63, 3.8) is 0 Å². The highest BCUT2D eigenvalue weighted by Gasteiger charge is 2.31. The molecule has 0 aromatic heterocycles. The summed E-state index contributed by atoms with van der Waals surface area (Å²) in [5.74, 6) is -0.116. The Balaban J connectivity index is 1.97. The summed E-state index contributed by atoms with van der Waals surface area (Å²) in [6, 6.07) is 7.35. The Morgan fingerprint density at radius 2 is 1.79 bits per heavy atom. The second-order valence-corrected chi connectivity index (χ2v) is 6.10. The van der Waals surface area contributed by atoms with Gasteiger partial charge >= 0.3 is 6.18 Å². The molecule has 2 rings (SSSR count). The van der Waals surface area contributed by atoms with E-state index in [1.807, 2.05) is 26.1 Å². The van der Waals surface area contributed by atoms with Crippen LogP contribution in [-0.2, 0) is 0 Å². The zero-order valence-electron chi connectivity index (χ0n) is 14.1. The third-order valence-electron chi connectivity index (χ3n) is 4.31. The minimum absolute atomic E-state index is 0.116. The smallest absolute Gasteiger partial charge is 0.375 e. The number of amides is 1. The van der Waals surface area contributed by atoms with Gasteiger partial charge in [-0.15, -0.1) is 0 Å². The summed E-state index contributed by atoms with van der Waals surface area (Å²) in [5, 5.41) is 0. The number of anilines is 1. The van der Waals surface area contributed by atoms with Gasteiger partial charge in [0, 0.05) is 51.0 Å². The molecule has 1 fully saturated rings. The van der Waals surface area contributed by atoms with E-state index in [-0.39, 0.29) is 12.5 Å². The second-order valence-electron chi connectivity index (χ2n) is 6.10. The molecule has 0 bridgehead atoms. The van der Waals surface area contributed by atoms with Crippen LogP contribution in [0.3, 0.4) is 0 Å². The molecule has 1 aromatic carbocycles. The van der Waals surface area contributed by atoms with Crippen molar-refractivity contribution in [2.45, 2.75) is 19.5 Å². The minimum atomic E-state index is -4.19. The largest absolute Gasteiger partial charge is 0.401 e. The van der Waals surface area contributed by atoms with E-state index < -0.39 is 12.7 Å². The molecule has 0 spiro atoms. The molecule has 1 amide bonds. The summed E-state index contributed by atoms with van der Waals surface area (Å²) in [5.41, 5.74) is 1.61. The molecule has 1 heterocycles. The number of benzene rings is 1. The molecule has 4 nitrogen and oxygen atoms in total. The lowest BCUT2D eigenvalue weighted by Crippen LogP contribution is -2.38. The van der Waals surface area contributed by atoms with Crippen molar-refractivity contribution in [1.82, 2.24) is 9.80 Å². The number of halogens is 3. The monoisotopic (exact) mass is 343 g/mol. The molecule has 0 radical (unpaired) electrons. The van der Waals surface area contributed by atoms with Crippen LogP contribution in [0.1, 0.15) is 23.7 Å². The first-order valence-corrected chi connectivity index (χ1v) is 8.19. The highest BCUT2D eigenvalue weighted by atomic mass is 19.4. The van der Waals surface area contributed by atoms with Gasteiger partial charge in [-0.05, 0) is 37.6 Å². The molecule has 1 aliphatic heterocycles. The normalized spacial score (nSPS) is 16.8. The number of hydrogen-bond acceptors (Lipinski definition) is 3. The standard InChI is InChI=1S/C17H24F3N3O/c1-3-21(2)15-7-5-14(6-8-15)16(24)23-10-4-9-22(11-12-23)13-17(18,19)20/h5-8H,3-4,9-13H2,1-2H3. The first-order chi connectivity index (χ1) is 11.3. The molecule has 0 unspecified atom stereocenters. The van der Waals surface area contributed by atoms with Gasteiger partial charge in [-0.3, -0.25) is 9.69 Å². The van der Waals surface area contributed by atoms with Crippen molar-refractivity contribution in [2.75, 3.05) is 51.2 Å². The second kappa shape index (κ2) is 7.88. The van der Waals surface area contributed by atoms with Crippen molar-refractivity contribution >= 4 is 11.6 Å². The summed E-state index contributed by atoms with van der Waals surface area (Å²) in [6.07, 6.45) is -3.64. The average Bonchev–Trinajstić information content (AvgIpc) is 2.77. The molecule has 0 N–H and O–H groups in total. The molecule has 1 aliphatic rings. The Labute approximate surface area is 140 Å². The lowest BCUT2D eigenvalue weighted by Gasteiger charge is -2.23. The fourth-order valence-electron chi connectivity index (χ4n) is 2.81. The lowest BCUT2D eigenvalue weighted by molar-refractivity contribution is -0.145. The van der Waals surface area contributed by atoms with Gasteiger partial charge in [-0.25, -0.2) is 0 Å². The molecular weight excluding hydrogens is 319 g/mol. The van der Waals surface area contributed by atoms with Crippen molar-refractivity contribution in [3.05, 3.63) is 29.8 Å². The maximum absolute atomic E-state index is 12.6. The topological polar surface area (TPSA) is 26.8 Å². The van der Waals surface area contributed by atoms with E-state index in [1.165, 1.54) is 4.90 Å².